The van der Waals surface area contributed by atoms with Crippen LogP contribution in [0.1, 0.15) is 44.2 Å². The molecule has 1 heterocycles. The fourth-order valence-electron chi connectivity index (χ4n) is 2.71. The third-order valence-electron chi connectivity index (χ3n) is 4.15. The molecule has 1 amide bonds. The van der Waals surface area contributed by atoms with Gasteiger partial charge in [0.2, 0.25) is 5.91 Å². The first-order valence-electron chi connectivity index (χ1n) is 7.08. The minimum Gasteiger partial charge on any atom is -0.354 e. The second-order valence-electron chi connectivity index (χ2n) is 5.69. The fourth-order valence-corrected chi connectivity index (χ4v) is 3.16. The number of amides is 1. The summed E-state index contributed by atoms with van der Waals surface area (Å²) in [4.78, 5) is 12.5. The standard InChI is InChI=1S/C13H20N4OS/c18-12(14-7-10-3-4-10)13(5-1-2-6-13)15-8-11-9-19-17-16-11/h9-10,15H,1-8H2,(H,14,18). The Balaban J connectivity index is 1.58. The quantitative estimate of drug-likeness (QED) is 0.828. The fraction of sp³-hybridized carbons (Fsp3) is 0.769. The molecule has 2 fully saturated rings. The molecule has 3 rings (SSSR count). The number of hydrogen-bond donors (Lipinski definition) is 2. The molecule has 19 heavy (non-hydrogen) atoms. The van der Waals surface area contributed by atoms with E-state index in [9.17, 15) is 4.79 Å². The van der Waals surface area contributed by atoms with Crippen LogP contribution in [0, 0.1) is 5.92 Å². The van der Waals surface area contributed by atoms with Crippen LogP contribution in [-0.4, -0.2) is 27.6 Å². The molecule has 0 saturated heterocycles. The summed E-state index contributed by atoms with van der Waals surface area (Å²) in [6, 6.07) is 0. The minimum absolute atomic E-state index is 0.181. The molecule has 1 aromatic rings. The van der Waals surface area contributed by atoms with E-state index in [4.69, 9.17) is 0 Å². The van der Waals surface area contributed by atoms with Crippen molar-refractivity contribution in [3.05, 3.63) is 11.1 Å². The van der Waals surface area contributed by atoms with Gasteiger partial charge in [0.25, 0.3) is 0 Å². The molecule has 0 aliphatic heterocycles. The van der Waals surface area contributed by atoms with E-state index in [0.29, 0.717) is 6.54 Å². The molecule has 2 aliphatic carbocycles. The van der Waals surface area contributed by atoms with E-state index in [1.54, 1.807) is 0 Å². The molecule has 2 saturated carbocycles. The second-order valence-corrected chi connectivity index (χ2v) is 6.30. The van der Waals surface area contributed by atoms with Crippen molar-refractivity contribution in [1.29, 1.82) is 0 Å². The normalized spacial score (nSPS) is 21.5. The van der Waals surface area contributed by atoms with Gasteiger partial charge < -0.3 is 5.32 Å². The summed E-state index contributed by atoms with van der Waals surface area (Å²) in [7, 11) is 0. The topological polar surface area (TPSA) is 66.9 Å². The van der Waals surface area contributed by atoms with E-state index in [0.717, 1.165) is 43.8 Å². The first-order chi connectivity index (χ1) is 9.28. The van der Waals surface area contributed by atoms with E-state index in [1.165, 1.54) is 24.4 Å². The average molecular weight is 280 g/mol. The number of nitrogens with zero attached hydrogens (tertiary/aromatic N) is 2. The van der Waals surface area contributed by atoms with Gasteiger partial charge in [-0.1, -0.05) is 17.3 Å². The van der Waals surface area contributed by atoms with Crippen LogP contribution in [-0.2, 0) is 11.3 Å². The zero-order valence-corrected chi connectivity index (χ0v) is 11.8. The molecule has 0 radical (unpaired) electrons. The largest absolute Gasteiger partial charge is 0.354 e. The Kier molecular flexibility index (Phi) is 3.79. The molecule has 1 aromatic heterocycles. The lowest BCUT2D eigenvalue weighted by molar-refractivity contribution is -0.127. The lowest BCUT2D eigenvalue weighted by Crippen LogP contribution is -2.55. The molecule has 2 N–H and O–H groups in total. The van der Waals surface area contributed by atoms with E-state index in [1.807, 2.05) is 5.38 Å². The van der Waals surface area contributed by atoms with Gasteiger partial charge in [-0.05, 0) is 43.1 Å². The maximum absolute atomic E-state index is 12.5. The molecule has 5 nitrogen and oxygen atoms in total. The Morgan fingerprint density at radius 2 is 2.21 bits per heavy atom. The Morgan fingerprint density at radius 3 is 2.84 bits per heavy atom. The van der Waals surface area contributed by atoms with Crippen molar-refractivity contribution in [3.8, 4) is 0 Å². The minimum atomic E-state index is -0.376. The molecule has 104 valence electrons. The highest BCUT2D eigenvalue weighted by molar-refractivity contribution is 7.03. The average Bonchev–Trinajstić information content (AvgIpc) is 2.93. The van der Waals surface area contributed by atoms with Gasteiger partial charge in [0.05, 0.1) is 11.2 Å². The Hall–Kier alpha value is -1.01. The summed E-state index contributed by atoms with van der Waals surface area (Å²) >= 11 is 1.35. The summed E-state index contributed by atoms with van der Waals surface area (Å²) in [5, 5.41) is 12.5. The highest BCUT2D eigenvalue weighted by atomic mass is 32.1. The number of nitrogens with one attached hydrogen (secondary N) is 2. The van der Waals surface area contributed by atoms with Crippen LogP contribution in [0.15, 0.2) is 5.38 Å². The molecule has 0 atom stereocenters. The predicted molar refractivity (Wildman–Crippen MR) is 73.7 cm³/mol. The smallest absolute Gasteiger partial charge is 0.240 e. The van der Waals surface area contributed by atoms with Crippen molar-refractivity contribution in [2.75, 3.05) is 6.54 Å². The van der Waals surface area contributed by atoms with Crippen LogP contribution in [0.3, 0.4) is 0 Å². The number of aromatic nitrogens is 2. The van der Waals surface area contributed by atoms with Gasteiger partial charge in [-0.25, -0.2) is 0 Å². The Bertz CT molecular complexity index is 424. The van der Waals surface area contributed by atoms with Crippen LogP contribution in [0.2, 0.25) is 0 Å². The SMILES string of the molecule is O=C(NCC1CC1)C1(NCc2csnn2)CCCC1. The zero-order valence-electron chi connectivity index (χ0n) is 11.0. The van der Waals surface area contributed by atoms with Crippen molar-refractivity contribution in [2.24, 2.45) is 5.92 Å². The zero-order chi connectivity index (χ0) is 13.1. The summed E-state index contributed by atoms with van der Waals surface area (Å²) in [6.07, 6.45) is 6.65. The van der Waals surface area contributed by atoms with Crippen molar-refractivity contribution in [3.63, 3.8) is 0 Å². The van der Waals surface area contributed by atoms with Gasteiger partial charge in [-0.3, -0.25) is 10.1 Å². The van der Waals surface area contributed by atoms with Crippen molar-refractivity contribution >= 4 is 17.4 Å². The summed E-state index contributed by atoms with van der Waals surface area (Å²) in [5.41, 5.74) is 0.546. The van der Waals surface area contributed by atoms with Crippen molar-refractivity contribution in [1.82, 2.24) is 20.2 Å². The lowest BCUT2D eigenvalue weighted by Gasteiger charge is -2.28. The van der Waals surface area contributed by atoms with Crippen LogP contribution in [0.5, 0.6) is 0 Å². The van der Waals surface area contributed by atoms with E-state index >= 15 is 0 Å². The number of carbonyl (C=O) groups is 1. The first kappa shape index (κ1) is 13.0. The van der Waals surface area contributed by atoms with Gasteiger partial charge >= 0.3 is 0 Å². The monoisotopic (exact) mass is 280 g/mol. The van der Waals surface area contributed by atoms with Crippen molar-refractivity contribution < 1.29 is 4.79 Å². The first-order valence-corrected chi connectivity index (χ1v) is 7.91. The summed E-state index contributed by atoms with van der Waals surface area (Å²) in [6.45, 7) is 1.48. The maximum atomic E-state index is 12.5. The number of hydrogen-bond acceptors (Lipinski definition) is 5. The molecule has 0 spiro atoms. The Morgan fingerprint density at radius 1 is 1.42 bits per heavy atom. The van der Waals surface area contributed by atoms with E-state index < -0.39 is 0 Å². The molecule has 6 heteroatoms. The number of rotatable bonds is 6. The van der Waals surface area contributed by atoms with E-state index in [2.05, 4.69) is 20.2 Å². The van der Waals surface area contributed by atoms with Gasteiger partial charge in [0.15, 0.2) is 0 Å². The maximum Gasteiger partial charge on any atom is 0.240 e. The Labute approximate surface area is 117 Å². The van der Waals surface area contributed by atoms with E-state index in [-0.39, 0.29) is 11.4 Å². The summed E-state index contributed by atoms with van der Waals surface area (Å²) in [5.74, 6) is 0.908. The molecule has 0 unspecified atom stereocenters. The van der Waals surface area contributed by atoms with Gasteiger partial charge in [0, 0.05) is 18.5 Å². The molecular weight excluding hydrogens is 260 g/mol. The number of carbonyl (C=O) groups excluding carboxylic acids is 1. The van der Waals surface area contributed by atoms with Crippen LogP contribution >= 0.6 is 11.5 Å². The summed E-state index contributed by atoms with van der Waals surface area (Å²) < 4.78 is 3.85. The van der Waals surface area contributed by atoms with Gasteiger partial charge in [-0.15, -0.1) is 5.10 Å². The third kappa shape index (κ3) is 3.12. The van der Waals surface area contributed by atoms with Gasteiger partial charge in [-0.2, -0.15) is 0 Å². The van der Waals surface area contributed by atoms with Crippen molar-refractivity contribution in [2.45, 2.75) is 50.6 Å². The second kappa shape index (κ2) is 5.54. The highest BCUT2D eigenvalue weighted by Crippen LogP contribution is 2.31. The van der Waals surface area contributed by atoms with Crippen LogP contribution in [0.25, 0.3) is 0 Å². The molecule has 0 bridgehead atoms. The van der Waals surface area contributed by atoms with Crippen LogP contribution in [0.4, 0.5) is 0 Å². The van der Waals surface area contributed by atoms with Gasteiger partial charge in [0.1, 0.15) is 0 Å². The molecule has 0 aromatic carbocycles. The molecule has 2 aliphatic rings. The molecular formula is C13H20N4OS. The third-order valence-corrected chi connectivity index (χ3v) is 4.71. The lowest BCUT2D eigenvalue weighted by atomic mass is 9.96. The van der Waals surface area contributed by atoms with Crippen LogP contribution < -0.4 is 10.6 Å². The highest BCUT2D eigenvalue weighted by Gasteiger charge is 2.41. The predicted octanol–water partition coefficient (Wildman–Crippen LogP) is 1.47.